The molecule has 1 N–H and O–H groups in total. The van der Waals surface area contributed by atoms with Gasteiger partial charge in [-0.25, -0.2) is 8.78 Å². The molecular formula is C12H13Br2F2NO. The lowest BCUT2D eigenvalue weighted by molar-refractivity contribution is 0.0910. The van der Waals surface area contributed by atoms with Crippen LogP contribution in [0.15, 0.2) is 18.2 Å². The van der Waals surface area contributed by atoms with Crippen LogP contribution < -0.4 is 5.32 Å². The zero-order chi connectivity index (χ0) is 13.8. The second kappa shape index (κ2) is 6.61. The van der Waals surface area contributed by atoms with E-state index in [0.29, 0.717) is 17.1 Å². The zero-order valence-electron chi connectivity index (χ0n) is 9.77. The molecule has 0 saturated carbocycles. The smallest absolute Gasteiger partial charge is 0.254 e. The van der Waals surface area contributed by atoms with Crippen LogP contribution in [0.1, 0.15) is 23.7 Å². The third-order valence-corrected chi connectivity index (χ3v) is 4.91. The number of nitrogens with one attached hydrogen (secondary N) is 1. The van der Waals surface area contributed by atoms with Gasteiger partial charge in [-0.2, -0.15) is 0 Å². The lowest BCUT2D eigenvalue weighted by Gasteiger charge is -2.30. The lowest BCUT2D eigenvalue weighted by atomic mass is 10.0. The number of rotatable bonds is 5. The molecule has 0 saturated heterocycles. The number of hydrogen-bond acceptors (Lipinski definition) is 1. The van der Waals surface area contributed by atoms with Gasteiger partial charge >= 0.3 is 0 Å². The highest BCUT2D eigenvalue weighted by molar-refractivity contribution is 9.09. The predicted octanol–water partition coefficient (Wildman–Crippen LogP) is 3.63. The van der Waals surface area contributed by atoms with Gasteiger partial charge in [0.25, 0.3) is 5.91 Å². The fourth-order valence-corrected chi connectivity index (χ4v) is 3.37. The van der Waals surface area contributed by atoms with Gasteiger partial charge in [0.1, 0.15) is 0 Å². The summed E-state index contributed by atoms with van der Waals surface area (Å²) in [5.74, 6) is -2.76. The molecule has 18 heavy (non-hydrogen) atoms. The first-order valence-corrected chi connectivity index (χ1v) is 7.62. The van der Waals surface area contributed by atoms with Gasteiger partial charge in [0.15, 0.2) is 11.6 Å². The second-order valence-electron chi connectivity index (χ2n) is 3.96. The molecular weight excluding hydrogens is 372 g/mol. The molecule has 100 valence electrons. The van der Waals surface area contributed by atoms with Crippen LogP contribution in [0.5, 0.6) is 0 Å². The Morgan fingerprint density at radius 2 is 1.94 bits per heavy atom. The van der Waals surface area contributed by atoms with E-state index >= 15 is 0 Å². The summed E-state index contributed by atoms with van der Waals surface area (Å²) in [5.41, 5.74) is -0.801. The van der Waals surface area contributed by atoms with Crippen LogP contribution in [0.4, 0.5) is 8.78 Å². The Bertz CT molecular complexity index is 428. The number of hydrogen-bond donors (Lipinski definition) is 1. The Morgan fingerprint density at radius 1 is 1.33 bits per heavy atom. The first-order chi connectivity index (χ1) is 8.49. The minimum Gasteiger partial charge on any atom is -0.345 e. The molecule has 0 atom stereocenters. The van der Waals surface area contributed by atoms with Crippen molar-refractivity contribution in [3.8, 4) is 0 Å². The van der Waals surface area contributed by atoms with Crippen molar-refractivity contribution in [2.75, 3.05) is 10.7 Å². The Kier molecular flexibility index (Phi) is 5.72. The summed E-state index contributed by atoms with van der Waals surface area (Å²) in [6, 6.07) is 3.55. The van der Waals surface area contributed by atoms with Crippen LogP contribution in [0.25, 0.3) is 0 Å². The molecule has 0 aliphatic heterocycles. The van der Waals surface area contributed by atoms with Gasteiger partial charge in [-0.1, -0.05) is 44.8 Å². The number of carbonyl (C=O) groups excluding carboxylic acids is 1. The molecule has 0 bridgehead atoms. The van der Waals surface area contributed by atoms with Gasteiger partial charge < -0.3 is 5.32 Å². The van der Waals surface area contributed by atoms with E-state index in [1.165, 1.54) is 12.1 Å². The minimum absolute atomic E-state index is 0.283. The van der Waals surface area contributed by atoms with Crippen molar-refractivity contribution < 1.29 is 13.6 Å². The van der Waals surface area contributed by atoms with Crippen LogP contribution >= 0.6 is 31.9 Å². The monoisotopic (exact) mass is 383 g/mol. The van der Waals surface area contributed by atoms with Gasteiger partial charge in [-0.15, -0.1) is 0 Å². The fraction of sp³-hybridized carbons (Fsp3) is 0.417. The summed E-state index contributed by atoms with van der Waals surface area (Å²) in [4.78, 5) is 12.0. The van der Waals surface area contributed by atoms with E-state index in [1.807, 2.05) is 6.92 Å². The maximum absolute atomic E-state index is 13.5. The van der Waals surface area contributed by atoms with Crippen molar-refractivity contribution in [1.29, 1.82) is 0 Å². The highest BCUT2D eigenvalue weighted by Crippen LogP contribution is 2.19. The quantitative estimate of drug-likeness (QED) is 0.771. The molecule has 1 amide bonds. The summed E-state index contributed by atoms with van der Waals surface area (Å²) in [5, 5.41) is 3.76. The Labute approximate surface area is 121 Å². The van der Waals surface area contributed by atoms with Crippen LogP contribution in [0.2, 0.25) is 0 Å². The molecule has 0 spiro atoms. The van der Waals surface area contributed by atoms with Crippen LogP contribution in [0.3, 0.4) is 0 Å². The molecule has 0 aliphatic carbocycles. The zero-order valence-corrected chi connectivity index (χ0v) is 12.9. The van der Waals surface area contributed by atoms with E-state index in [4.69, 9.17) is 0 Å². The summed E-state index contributed by atoms with van der Waals surface area (Å²) < 4.78 is 26.5. The average Bonchev–Trinajstić information content (AvgIpc) is 2.39. The second-order valence-corrected chi connectivity index (χ2v) is 5.08. The number of amides is 1. The number of alkyl halides is 2. The van der Waals surface area contributed by atoms with Crippen molar-refractivity contribution in [2.24, 2.45) is 0 Å². The number of carbonyl (C=O) groups is 1. The Morgan fingerprint density at radius 3 is 2.44 bits per heavy atom. The molecule has 1 aromatic carbocycles. The average molecular weight is 385 g/mol. The van der Waals surface area contributed by atoms with Gasteiger partial charge in [-0.3, -0.25) is 4.79 Å². The van der Waals surface area contributed by atoms with Gasteiger partial charge in [0.2, 0.25) is 0 Å². The van der Waals surface area contributed by atoms with Crippen molar-refractivity contribution in [3.63, 3.8) is 0 Å². The van der Waals surface area contributed by atoms with Gasteiger partial charge in [-0.05, 0) is 18.6 Å². The maximum atomic E-state index is 13.5. The highest BCUT2D eigenvalue weighted by atomic mass is 79.9. The van der Waals surface area contributed by atoms with Crippen molar-refractivity contribution in [3.05, 3.63) is 35.4 Å². The first kappa shape index (κ1) is 15.6. The minimum atomic E-state index is -1.12. The normalized spacial score (nSPS) is 11.4. The molecule has 6 heteroatoms. The van der Waals surface area contributed by atoms with E-state index in [-0.39, 0.29) is 5.56 Å². The topological polar surface area (TPSA) is 29.1 Å². The van der Waals surface area contributed by atoms with E-state index < -0.39 is 23.1 Å². The summed E-state index contributed by atoms with van der Waals surface area (Å²) in [6.45, 7) is 1.91. The van der Waals surface area contributed by atoms with Crippen LogP contribution in [-0.2, 0) is 0 Å². The molecule has 0 aromatic heterocycles. The van der Waals surface area contributed by atoms with E-state index in [1.54, 1.807) is 0 Å². The molecule has 1 rings (SSSR count). The Hall–Kier alpha value is -0.490. The first-order valence-electron chi connectivity index (χ1n) is 5.38. The van der Waals surface area contributed by atoms with Gasteiger partial charge in [0.05, 0.1) is 11.1 Å². The molecule has 0 aliphatic rings. The van der Waals surface area contributed by atoms with Crippen molar-refractivity contribution >= 4 is 37.8 Å². The predicted molar refractivity (Wildman–Crippen MR) is 74.4 cm³/mol. The lowest BCUT2D eigenvalue weighted by Crippen LogP contribution is -2.51. The highest BCUT2D eigenvalue weighted by Gasteiger charge is 2.29. The van der Waals surface area contributed by atoms with Crippen molar-refractivity contribution in [2.45, 2.75) is 18.9 Å². The van der Waals surface area contributed by atoms with E-state index in [9.17, 15) is 13.6 Å². The summed E-state index contributed by atoms with van der Waals surface area (Å²) in [6.07, 6.45) is 0.659. The Balaban J connectivity index is 2.98. The summed E-state index contributed by atoms with van der Waals surface area (Å²) in [7, 11) is 0. The SMILES string of the molecule is CCC(CBr)(CBr)NC(=O)c1cccc(F)c1F. The van der Waals surface area contributed by atoms with Crippen molar-refractivity contribution in [1.82, 2.24) is 5.32 Å². The van der Waals surface area contributed by atoms with Crippen LogP contribution in [-0.4, -0.2) is 22.1 Å². The molecule has 0 unspecified atom stereocenters. The molecule has 0 fully saturated rings. The van der Waals surface area contributed by atoms with Crippen LogP contribution in [0, 0.1) is 11.6 Å². The largest absolute Gasteiger partial charge is 0.345 e. The molecule has 0 heterocycles. The third kappa shape index (κ3) is 3.29. The maximum Gasteiger partial charge on any atom is 0.254 e. The van der Waals surface area contributed by atoms with E-state index in [0.717, 1.165) is 6.07 Å². The third-order valence-electron chi connectivity index (χ3n) is 2.76. The molecule has 1 aromatic rings. The standard InChI is InChI=1S/C12H13Br2F2NO/c1-2-12(6-13,7-14)17-11(18)8-4-3-5-9(15)10(8)16/h3-5H,2,6-7H2,1H3,(H,17,18). The molecule has 0 radical (unpaired) electrons. The number of halogens is 4. The fourth-order valence-electron chi connectivity index (χ4n) is 1.37. The van der Waals surface area contributed by atoms with Gasteiger partial charge in [0, 0.05) is 10.7 Å². The molecule has 2 nitrogen and oxygen atoms in total. The van der Waals surface area contributed by atoms with E-state index in [2.05, 4.69) is 37.2 Å². The summed E-state index contributed by atoms with van der Waals surface area (Å²) >= 11 is 6.63. The number of benzene rings is 1.